The number of carbonyl (C=O) groups excluding carboxylic acids is 1. The zero-order chi connectivity index (χ0) is 16.4. The molecule has 0 aliphatic rings. The number of unbranched alkanes of at least 4 members (excludes halogenated alkanes) is 4. The highest BCUT2D eigenvalue weighted by atomic mass is 79.9. The predicted octanol–water partition coefficient (Wildman–Crippen LogP) is 4.09. The van der Waals surface area contributed by atoms with E-state index >= 15 is 0 Å². The molecule has 0 saturated heterocycles. The lowest BCUT2D eigenvalue weighted by molar-refractivity contribution is -0.137. The highest BCUT2D eigenvalue weighted by Gasteiger charge is 2.14. The van der Waals surface area contributed by atoms with E-state index in [2.05, 4.69) is 21.2 Å². The molecule has 1 amide bonds. The molecule has 0 saturated carbocycles. The Balaban J connectivity index is 2.12. The van der Waals surface area contributed by atoms with Crippen LogP contribution in [0.15, 0.2) is 28.7 Å². The van der Waals surface area contributed by atoms with Crippen molar-refractivity contribution < 1.29 is 14.7 Å². The molecule has 0 fully saturated rings. The van der Waals surface area contributed by atoms with Crippen molar-refractivity contribution in [1.29, 1.82) is 0 Å². The summed E-state index contributed by atoms with van der Waals surface area (Å²) in [7, 11) is 0. The molecule has 0 spiro atoms. The first kappa shape index (κ1) is 18.7. The van der Waals surface area contributed by atoms with Crippen LogP contribution in [0, 0.1) is 0 Å². The van der Waals surface area contributed by atoms with Crippen molar-refractivity contribution in [3.8, 4) is 0 Å². The van der Waals surface area contributed by atoms with E-state index in [4.69, 9.17) is 5.11 Å². The van der Waals surface area contributed by atoms with Crippen molar-refractivity contribution in [2.45, 2.75) is 51.4 Å². The Hall–Kier alpha value is -1.36. The lowest BCUT2D eigenvalue weighted by Crippen LogP contribution is -2.28. The maximum absolute atomic E-state index is 12.1. The van der Waals surface area contributed by atoms with E-state index in [1.165, 1.54) is 0 Å². The van der Waals surface area contributed by atoms with Crippen molar-refractivity contribution in [2.24, 2.45) is 0 Å². The van der Waals surface area contributed by atoms with Crippen LogP contribution in [0.25, 0.3) is 0 Å². The van der Waals surface area contributed by atoms with E-state index in [0.717, 1.165) is 42.1 Å². The Morgan fingerprint density at radius 2 is 1.68 bits per heavy atom. The minimum absolute atomic E-state index is 0.0493. The summed E-state index contributed by atoms with van der Waals surface area (Å²) in [5.74, 6) is -0.828. The third kappa shape index (κ3) is 7.59. The smallest absolute Gasteiger partial charge is 0.303 e. The highest BCUT2D eigenvalue weighted by Crippen LogP contribution is 2.18. The van der Waals surface area contributed by atoms with Crippen molar-refractivity contribution in [1.82, 2.24) is 5.32 Å². The van der Waals surface area contributed by atoms with Crippen LogP contribution in [0.5, 0.6) is 0 Å². The summed E-state index contributed by atoms with van der Waals surface area (Å²) in [6.45, 7) is 2.59. The van der Waals surface area contributed by atoms with Gasteiger partial charge >= 0.3 is 5.97 Å². The van der Waals surface area contributed by atoms with Crippen molar-refractivity contribution in [3.63, 3.8) is 0 Å². The highest BCUT2D eigenvalue weighted by molar-refractivity contribution is 9.10. The first-order valence-electron chi connectivity index (χ1n) is 7.75. The minimum atomic E-state index is -0.728. The molecule has 1 aromatic rings. The molecular formula is C17H24BrNO3. The molecule has 0 heterocycles. The normalized spacial score (nSPS) is 11.9. The number of carboxylic acids is 1. The van der Waals surface area contributed by atoms with Gasteiger partial charge in [0.15, 0.2) is 0 Å². The molecule has 1 rings (SSSR count). The van der Waals surface area contributed by atoms with Gasteiger partial charge in [0.2, 0.25) is 5.91 Å². The molecule has 22 heavy (non-hydrogen) atoms. The Morgan fingerprint density at radius 3 is 2.32 bits per heavy atom. The standard InChI is InChI=1S/C17H24BrNO3/c1-13(14-8-10-15(18)11-9-14)17(22)19-12-6-4-2-3-5-7-16(20)21/h8-11,13H,2-7,12H2,1H3,(H,19,22)(H,20,21). The topological polar surface area (TPSA) is 66.4 Å². The zero-order valence-electron chi connectivity index (χ0n) is 13.0. The first-order chi connectivity index (χ1) is 10.5. The molecule has 2 N–H and O–H groups in total. The van der Waals surface area contributed by atoms with Crippen molar-refractivity contribution >= 4 is 27.8 Å². The van der Waals surface area contributed by atoms with Gasteiger partial charge in [-0.3, -0.25) is 9.59 Å². The van der Waals surface area contributed by atoms with Gasteiger partial charge in [0.05, 0.1) is 5.92 Å². The number of amides is 1. The monoisotopic (exact) mass is 369 g/mol. The second-order valence-electron chi connectivity index (χ2n) is 5.48. The average molecular weight is 370 g/mol. The van der Waals surface area contributed by atoms with E-state index in [1.807, 2.05) is 31.2 Å². The minimum Gasteiger partial charge on any atom is -0.481 e. The SMILES string of the molecule is CC(C(=O)NCCCCCCCC(=O)O)c1ccc(Br)cc1. The molecule has 5 heteroatoms. The molecule has 4 nitrogen and oxygen atoms in total. The van der Waals surface area contributed by atoms with Crippen LogP contribution in [0.4, 0.5) is 0 Å². The Labute approximate surface area is 140 Å². The van der Waals surface area contributed by atoms with E-state index in [-0.39, 0.29) is 18.2 Å². The molecule has 1 atom stereocenters. The molecule has 1 unspecified atom stereocenters. The third-order valence-electron chi connectivity index (χ3n) is 3.63. The van der Waals surface area contributed by atoms with Gasteiger partial charge in [-0.25, -0.2) is 0 Å². The van der Waals surface area contributed by atoms with Crippen LogP contribution in [0.1, 0.15) is 56.9 Å². The fourth-order valence-electron chi connectivity index (χ4n) is 2.20. The van der Waals surface area contributed by atoms with Crippen LogP contribution >= 0.6 is 15.9 Å². The summed E-state index contributed by atoms with van der Waals surface area (Å²) in [6, 6.07) is 7.79. The number of nitrogens with one attached hydrogen (secondary N) is 1. The van der Waals surface area contributed by atoms with Gasteiger partial charge in [0, 0.05) is 17.4 Å². The molecule has 1 aromatic carbocycles. The second kappa shape index (κ2) is 10.4. The van der Waals surface area contributed by atoms with E-state index in [1.54, 1.807) is 0 Å². The number of rotatable bonds is 10. The van der Waals surface area contributed by atoms with Crippen LogP contribution in [0.3, 0.4) is 0 Å². The fourth-order valence-corrected chi connectivity index (χ4v) is 2.46. The number of benzene rings is 1. The summed E-state index contributed by atoms with van der Waals surface area (Å²) < 4.78 is 1.01. The van der Waals surface area contributed by atoms with Gasteiger partial charge < -0.3 is 10.4 Å². The van der Waals surface area contributed by atoms with Gasteiger partial charge in [0.1, 0.15) is 0 Å². The number of aliphatic carboxylic acids is 1. The maximum Gasteiger partial charge on any atom is 0.303 e. The predicted molar refractivity (Wildman–Crippen MR) is 90.9 cm³/mol. The van der Waals surface area contributed by atoms with Crippen molar-refractivity contribution in [2.75, 3.05) is 6.54 Å². The molecule has 0 aromatic heterocycles. The Bertz CT molecular complexity index is 473. The number of carbonyl (C=O) groups is 2. The lowest BCUT2D eigenvalue weighted by Gasteiger charge is -2.12. The van der Waals surface area contributed by atoms with Gasteiger partial charge in [-0.1, -0.05) is 47.3 Å². The van der Waals surface area contributed by atoms with Crippen LogP contribution < -0.4 is 5.32 Å². The largest absolute Gasteiger partial charge is 0.481 e. The fraction of sp³-hybridized carbons (Fsp3) is 0.529. The van der Waals surface area contributed by atoms with Crippen molar-refractivity contribution in [3.05, 3.63) is 34.3 Å². The van der Waals surface area contributed by atoms with E-state index < -0.39 is 5.97 Å². The van der Waals surface area contributed by atoms with Crippen LogP contribution in [-0.4, -0.2) is 23.5 Å². The van der Waals surface area contributed by atoms with E-state index in [9.17, 15) is 9.59 Å². The number of carboxylic acid groups (broad SMARTS) is 1. The number of halogens is 1. The molecular weight excluding hydrogens is 346 g/mol. The summed E-state index contributed by atoms with van der Waals surface area (Å²) in [6.07, 6.45) is 4.91. The van der Waals surface area contributed by atoms with Crippen LogP contribution in [0.2, 0.25) is 0 Å². The first-order valence-corrected chi connectivity index (χ1v) is 8.55. The summed E-state index contributed by atoms with van der Waals surface area (Å²) in [5.41, 5.74) is 1.01. The molecule has 0 bridgehead atoms. The van der Waals surface area contributed by atoms with Gasteiger partial charge in [0.25, 0.3) is 0 Å². The van der Waals surface area contributed by atoms with E-state index in [0.29, 0.717) is 6.54 Å². The molecule has 0 aliphatic heterocycles. The van der Waals surface area contributed by atoms with Gasteiger partial charge in [-0.05, 0) is 37.5 Å². The molecule has 0 radical (unpaired) electrons. The average Bonchev–Trinajstić information content (AvgIpc) is 2.49. The van der Waals surface area contributed by atoms with Gasteiger partial charge in [-0.15, -0.1) is 0 Å². The third-order valence-corrected chi connectivity index (χ3v) is 4.16. The Kier molecular flexibility index (Phi) is 8.82. The Morgan fingerprint density at radius 1 is 1.09 bits per heavy atom. The lowest BCUT2D eigenvalue weighted by atomic mass is 10.0. The number of hydrogen-bond donors (Lipinski definition) is 2. The molecule has 0 aliphatic carbocycles. The van der Waals surface area contributed by atoms with Gasteiger partial charge in [-0.2, -0.15) is 0 Å². The zero-order valence-corrected chi connectivity index (χ0v) is 14.6. The summed E-state index contributed by atoms with van der Waals surface area (Å²) in [5, 5.41) is 11.5. The van der Waals surface area contributed by atoms with Crippen LogP contribution in [-0.2, 0) is 9.59 Å². The maximum atomic E-state index is 12.1. The number of hydrogen-bond acceptors (Lipinski definition) is 2. The second-order valence-corrected chi connectivity index (χ2v) is 6.39. The summed E-state index contributed by atoms with van der Waals surface area (Å²) in [4.78, 5) is 22.4. The quantitative estimate of drug-likeness (QED) is 0.610. The summed E-state index contributed by atoms with van der Waals surface area (Å²) >= 11 is 3.38. The molecule has 122 valence electrons.